The topological polar surface area (TPSA) is 127 Å². The molecule has 0 fully saturated rings. The standard InChI is InChI=1S/C22H32N4O5.C4H10.C3H8/c1-6-16(10-9-15(4)13-18(22(27)28)29-8-3)30-11-12-31-21-20(24-5)17(14-23)25-19(7-2)26-21;1-3-4-2;1-3-2/h6,9-10,14,18,23-24H,4,7-8,11-13H2,1-3,5H3,(H,27,28);3-4H2,1-2H3;3H2,1-2H3/b10-9-,16-6+,23-14?;;. The van der Waals surface area contributed by atoms with E-state index in [9.17, 15) is 4.79 Å². The normalized spacial score (nSPS) is 11.4. The van der Waals surface area contributed by atoms with Gasteiger partial charge in [0, 0.05) is 32.7 Å². The summed E-state index contributed by atoms with van der Waals surface area (Å²) in [7, 11) is 1.72. The second kappa shape index (κ2) is 24.2. The van der Waals surface area contributed by atoms with Crippen LogP contribution in [0.3, 0.4) is 0 Å². The van der Waals surface area contributed by atoms with Crippen molar-refractivity contribution in [1.29, 1.82) is 5.41 Å². The highest BCUT2D eigenvalue weighted by molar-refractivity contribution is 5.85. The van der Waals surface area contributed by atoms with Crippen molar-refractivity contribution in [1.82, 2.24) is 9.97 Å². The molecule has 0 saturated carbocycles. The minimum Gasteiger partial charge on any atom is -0.490 e. The molecular weight excluding hydrogens is 484 g/mol. The van der Waals surface area contributed by atoms with E-state index in [4.69, 9.17) is 24.7 Å². The van der Waals surface area contributed by atoms with E-state index in [1.165, 1.54) is 19.3 Å². The van der Waals surface area contributed by atoms with E-state index >= 15 is 0 Å². The number of nitrogens with zero attached hydrogens (tertiary/aromatic N) is 2. The molecule has 0 saturated heterocycles. The van der Waals surface area contributed by atoms with Crippen molar-refractivity contribution >= 4 is 17.9 Å². The van der Waals surface area contributed by atoms with E-state index in [2.05, 4.69) is 49.6 Å². The molecule has 1 rings (SSSR count). The maximum atomic E-state index is 11.2. The van der Waals surface area contributed by atoms with Crippen molar-refractivity contribution in [3.05, 3.63) is 47.7 Å². The van der Waals surface area contributed by atoms with Crippen LogP contribution in [-0.4, -0.2) is 60.2 Å². The Morgan fingerprint density at radius 3 is 2.18 bits per heavy atom. The van der Waals surface area contributed by atoms with Gasteiger partial charge < -0.3 is 30.0 Å². The van der Waals surface area contributed by atoms with Crippen LogP contribution in [0.5, 0.6) is 5.88 Å². The summed E-state index contributed by atoms with van der Waals surface area (Å²) in [6.07, 6.45) is 10.2. The number of carboxylic acids is 1. The van der Waals surface area contributed by atoms with Crippen molar-refractivity contribution < 1.29 is 24.1 Å². The van der Waals surface area contributed by atoms with Crippen LogP contribution in [0.4, 0.5) is 5.69 Å². The molecule has 0 aliphatic heterocycles. The maximum Gasteiger partial charge on any atom is 0.333 e. The lowest BCUT2D eigenvalue weighted by Crippen LogP contribution is -2.24. The van der Waals surface area contributed by atoms with Gasteiger partial charge in [0.15, 0.2) is 6.10 Å². The fourth-order valence-corrected chi connectivity index (χ4v) is 2.56. The molecule has 0 bridgehead atoms. The first-order chi connectivity index (χ1) is 18.2. The van der Waals surface area contributed by atoms with Gasteiger partial charge in [-0.05, 0) is 26.0 Å². The van der Waals surface area contributed by atoms with E-state index in [-0.39, 0.29) is 19.6 Å². The Morgan fingerprint density at radius 2 is 1.74 bits per heavy atom. The van der Waals surface area contributed by atoms with Crippen LogP contribution >= 0.6 is 0 Å². The average molecular weight is 535 g/mol. The third-order valence-electron chi connectivity index (χ3n) is 4.60. The van der Waals surface area contributed by atoms with Gasteiger partial charge in [0.25, 0.3) is 0 Å². The Morgan fingerprint density at radius 1 is 1.11 bits per heavy atom. The minimum absolute atomic E-state index is 0.190. The number of anilines is 1. The second-order valence-electron chi connectivity index (χ2n) is 8.03. The van der Waals surface area contributed by atoms with Crippen LogP contribution < -0.4 is 10.1 Å². The summed E-state index contributed by atoms with van der Waals surface area (Å²) < 4.78 is 16.6. The molecule has 0 aromatic carbocycles. The lowest BCUT2D eigenvalue weighted by Gasteiger charge is -2.14. The van der Waals surface area contributed by atoms with Crippen molar-refractivity contribution in [3.8, 4) is 5.88 Å². The molecule has 0 aliphatic rings. The van der Waals surface area contributed by atoms with Gasteiger partial charge in [-0.25, -0.2) is 9.78 Å². The Labute approximate surface area is 229 Å². The van der Waals surface area contributed by atoms with Gasteiger partial charge in [0.1, 0.15) is 36.2 Å². The van der Waals surface area contributed by atoms with Crippen molar-refractivity contribution in [2.75, 3.05) is 32.2 Å². The van der Waals surface area contributed by atoms with Gasteiger partial charge >= 0.3 is 5.97 Å². The fraction of sp³-hybridized carbons (Fsp3) is 0.586. The third-order valence-corrected chi connectivity index (χ3v) is 4.60. The molecule has 38 heavy (non-hydrogen) atoms. The number of allylic oxidation sites excluding steroid dienone is 3. The Balaban J connectivity index is 0. The average Bonchev–Trinajstić information content (AvgIpc) is 2.92. The summed E-state index contributed by atoms with van der Waals surface area (Å²) in [6, 6.07) is 0. The zero-order valence-electron chi connectivity index (χ0n) is 24.7. The molecule has 0 aliphatic carbocycles. The van der Waals surface area contributed by atoms with Crippen molar-refractivity contribution in [2.24, 2.45) is 0 Å². The first-order valence-electron chi connectivity index (χ1n) is 13.4. The van der Waals surface area contributed by atoms with Crippen LogP contribution in [0.25, 0.3) is 0 Å². The zero-order valence-corrected chi connectivity index (χ0v) is 24.7. The first kappa shape index (κ1) is 37.0. The molecule has 3 N–H and O–H groups in total. The number of aliphatic carboxylic acids is 1. The summed E-state index contributed by atoms with van der Waals surface area (Å²) in [5.41, 5.74) is 1.63. The number of hydrogen-bond acceptors (Lipinski definition) is 8. The zero-order chi connectivity index (χ0) is 29.3. The third kappa shape index (κ3) is 16.5. The second-order valence-corrected chi connectivity index (χ2v) is 8.03. The highest BCUT2D eigenvalue weighted by Crippen LogP contribution is 2.24. The maximum absolute atomic E-state index is 11.2. The summed E-state index contributed by atoms with van der Waals surface area (Å²) in [5.74, 6) is 0.548. The van der Waals surface area contributed by atoms with Gasteiger partial charge in [-0.3, -0.25) is 0 Å². The SMILES string of the molecule is C=C(/C=C\C(=C/C)OCCOc1nc(CC)nc(C=N)c1NC)CC(OCC)C(=O)O.CCC.CCCC. The Bertz CT molecular complexity index is 867. The highest BCUT2D eigenvalue weighted by atomic mass is 16.5. The Hall–Kier alpha value is -3.20. The predicted octanol–water partition coefficient (Wildman–Crippen LogP) is 6.59. The lowest BCUT2D eigenvalue weighted by atomic mass is 10.1. The van der Waals surface area contributed by atoms with E-state index in [0.29, 0.717) is 47.4 Å². The molecule has 1 unspecified atom stereocenters. The van der Waals surface area contributed by atoms with Gasteiger partial charge in [-0.15, -0.1) is 0 Å². The van der Waals surface area contributed by atoms with Crippen LogP contribution in [0, 0.1) is 5.41 Å². The minimum atomic E-state index is -1.01. The number of aromatic nitrogens is 2. The molecule has 1 aromatic heterocycles. The van der Waals surface area contributed by atoms with E-state index < -0.39 is 12.1 Å². The summed E-state index contributed by atoms with van der Waals surface area (Å²) >= 11 is 0. The van der Waals surface area contributed by atoms with E-state index in [1.54, 1.807) is 32.2 Å². The predicted molar refractivity (Wildman–Crippen MR) is 157 cm³/mol. The molecule has 1 atom stereocenters. The van der Waals surface area contributed by atoms with Crippen LogP contribution in [-0.2, 0) is 20.7 Å². The molecule has 9 nitrogen and oxygen atoms in total. The fourth-order valence-electron chi connectivity index (χ4n) is 2.56. The molecule has 0 radical (unpaired) electrons. The Kier molecular flexibility index (Phi) is 23.5. The number of ether oxygens (including phenoxy) is 3. The van der Waals surface area contributed by atoms with Gasteiger partial charge in [0.05, 0.1) is 0 Å². The molecular formula is C29H50N4O5. The van der Waals surface area contributed by atoms with Crippen LogP contribution in [0.15, 0.2) is 36.1 Å². The molecule has 0 spiro atoms. The van der Waals surface area contributed by atoms with Crippen LogP contribution in [0.1, 0.15) is 85.7 Å². The monoisotopic (exact) mass is 534 g/mol. The number of carbonyl (C=O) groups is 1. The quantitative estimate of drug-likeness (QED) is 0.0938. The molecule has 216 valence electrons. The number of carboxylic acid groups (broad SMARTS) is 1. The molecule has 0 amide bonds. The largest absolute Gasteiger partial charge is 0.490 e. The van der Waals surface area contributed by atoms with Gasteiger partial charge in [-0.2, -0.15) is 4.98 Å². The summed E-state index contributed by atoms with van der Waals surface area (Å²) in [6.45, 7) is 18.8. The van der Waals surface area contributed by atoms with E-state index in [0.717, 1.165) is 6.21 Å². The number of unbranched alkanes of at least 4 members (excludes halogenated alkanes) is 1. The first-order valence-corrected chi connectivity index (χ1v) is 13.4. The van der Waals surface area contributed by atoms with Gasteiger partial charge in [-0.1, -0.05) is 72.1 Å². The number of nitrogens with one attached hydrogen (secondary N) is 2. The van der Waals surface area contributed by atoms with Crippen molar-refractivity contribution in [3.63, 3.8) is 0 Å². The smallest absolute Gasteiger partial charge is 0.333 e. The summed E-state index contributed by atoms with van der Waals surface area (Å²) in [5, 5.41) is 19.6. The molecule has 9 heteroatoms. The lowest BCUT2D eigenvalue weighted by molar-refractivity contribution is -0.149. The highest BCUT2D eigenvalue weighted by Gasteiger charge is 2.17. The summed E-state index contributed by atoms with van der Waals surface area (Å²) in [4.78, 5) is 19.8. The van der Waals surface area contributed by atoms with Crippen molar-refractivity contribution in [2.45, 2.75) is 86.7 Å². The molecule has 1 aromatic rings. The molecule has 1 heterocycles. The number of aryl methyl sites for hydroxylation is 1. The van der Waals surface area contributed by atoms with Crippen LogP contribution in [0.2, 0.25) is 0 Å². The number of rotatable bonds is 16. The number of hydrogen-bond donors (Lipinski definition) is 3. The van der Waals surface area contributed by atoms with Gasteiger partial charge in [0.2, 0.25) is 5.88 Å². The van der Waals surface area contributed by atoms with E-state index in [1.807, 2.05) is 13.8 Å².